The van der Waals surface area contributed by atoms with E-state index in [1.807, 2.05) is 0 Å². The van der Waals surface area contributed by atoms with Gasteiger partial charge in [-0.3, -0.25) is 0 Å². The van der Waals surface area contributed by atoms with Crippen molar-refractivity contribution in [3.05, 3.63) is 4.13 Å². The molecule has 16 heteroatoms. The maximum atomic E-state index is 11.4. The fourth-order valence-electron chi connectivity index (χ4n) is 2.81. The molecule has 0 fully saturated rings. The largest absolute Gasteiger partial charge is 0.480 e. The molecule has 0 aromatic rings. The first-order valence-electron chi connectivity index (χ1n) is 10.4. The molecule has 1 unspecified atom stereocenters. The van der Waals surface area contributed by atoms with E-state index in [4.69, 9.17) is 5.11 Å². The van der Waals surface area contributed by atoms with Gasteiger partial charge in [-0.15, -0.1) is 0 Å². The minimum Gasteiger partial charge on any atom is -0.421 e. The zero-order chi connectivity index (χ0) is 26.6. The lowest BCUT2D eigenvalue weighted by atomic mass is 10.4. The Morgan fingerprint density at radius 3 is 1.27 bits per heavy atom. The number of rotatable bonds is 14. The van der Waals surface area contributed by atoms with Crippen LogP contribution in [-0.2, 0) is 20.0 Å². The lowest BCUT2D eigenvalue weighted by Gasteiger charge is -2.29. The summed E-state index contributed by atoms with van der Waals surface area (Å²) in [5, 5.41) is 19.0. The summed E-state index contributed by atoms with van der Waals surface area (Å²) in [7, 11) is -14.5. The minimum atomic E-state index is -6.72. The molecule has 0 saturated carbocycles. The Kier molecular flexibility index (Phi) is 15.9. The zero-order valence-corrected chi connectivity index (χ0v) is 21.4. The van der Waals surface area contributed by atoms with E-state index in [0.29, 0.717) is 0 Å². The van der Waals surface area contributed by atoms with E-state index in [-0.39, 0.29) is 6.61 Å². The van der Waals surface area contributed by atoms with Crippen molar-refractivity contribution >= 4 is 27.3 Å². The van der Waals surface area contributed by atoms with Crippen LogP contribution >= 0.6 is 7.26 Å². The maximum absolute atomic E-state index is 11.4. The van der Waals surface area contributed by atoms with Gasteiger partial charge in [0, 0.05) is 7.26 Å². The first-order chi connectivity index (χ1) is 14.8. The molecule has 2 N–H and O–H groups in total. The normalized spacial score (nSPS) is 14.5. The molecule has 0 bridgehead atoms. The Morgan fingerprint density at radius 2 is 1.06 bits per heavy atom. The Hall–Kier alpha value is -0.210. The average molecular weight is 558 g/mol. The van der Waals surface area contributed by atoms with E-state index in [1.165, 1.54) is 57.0 Å². The van der Waals surface area contributed by atoms with E-state index in [9.17, 15) is 48.3 Å². The Morgan fingerprint density at radius 1 is 0.758 bits per heavy atom. The third-order valence-corrected chi connectivity index (χ3v) is 12.3. The number of unbranched alkanes of at least 4 members (excludes halogenated alkanes) is 3. The van der Waals surface area contributed by atoms with Crippen molar-refractivity contribution in [3.63, 3.8) is 0 Å². The number of aliphatic hydroxyl groups is 2. The monoisotopic (exact) mass is 557 g/mol. The summed E-state index contributed by atoms with van der Waals surface area (Å²) in [5.74, 6) is 0. The lowest BCUT2D eigenvalue weighted by Crippen LogP contribution is -2.30. The van der Waals surface area contributed by atoms with Crippen LogP contribution in [0.2, 0.25) is 0 Å². The highest BCUT2D eigenvalue weighted by Crippen LogP contribution is 2.61. The molecule has 1 atom stereocenters. The van der Waals surface area contributed by atoms with E-state index < -0.39 is 44.4 Å². The number of alkyl halides is 6. The van der Waals surface area contributed by atoms with Crippen LogP contribution in [0.4, 0.5) is 26.3 Å². The Balaban J connectivity index is 0. The third-order valence-electron chi connectivity index (χ3n) is 4.55. The van der Waals surface area contributed by atoms with Crippen molar-refractivity contribution in [2.75, 3.05) is 31.3 Å². The first-order valence-corrected chi connectivity index (χ1v) is 15.8. The number of halogens is 6. The van der Waals surface area contributed by atoms with Crippen LogP contribution in [0.15, 0.2) is 0 Å². The van der Waals surface area contributed by atoms with Gasteiger partial charge in [-0.1, -0.05) is 40.0 Å². The van der Waals surface area contributed by atoms with Gasteiger partial charge in [0.15, 0.2) is 20.0 Å². The highest BCUT2D eigenvalue weighted by molar-refractivity contribution is 8.13. The van der Waals surface area contributed by atoms with Crippen molar-refractivity contribution in [1.82, 2.24) is 0 Å². The number of nitrogens with zero attached hydrogens (tertiary/aromatic N) is 1. The summed E-state index contributed by atoms with van der Waals surface area (Å²) in [6.07, 6.45) is 12.0. The van der Waals surface area contributed by atoms with Gasteiger partial charge in [0.25, 0.3) is 0 Å². The van der Waals surface area contributed by atoms with Crippen molar-refractivity contribution in [3.8, 4) is 0 Å². The van der Waals surface area contributed by atoms with Gasteiger partial charge in [0.05, 0.1) is 31.3 Å². The summed E-state index contributed by atoms with van der Waals surface area (Å²) in [5.41, 5.74) is -12.4. The summed E-state index contributed by atoms with van der Waals surface area (Å²) in [6.45, 7) is 6.68. The molecular formula is C17H34F6NO6PS2. The lowest BCUT2D eigenvalue weighted by molar-refractivity contribution is -0.0444. The molecule has 0 saturated heterocycles. The van der Waals surface area contributed by atoms with Gasteiger partial charge in [0.1, 0.15) is 6.10 Å². The molecular weight excluding hydrogens is 523 g/mol. The van der Waals surface area contributed by atoms with Crippen LogP contribution < -0.4 is 0 Å². The number of hydrogen-bond acceptors (Lipinski definition) is 6. The number of sulfonamides is 2. The van der Waals surface area contributed by atoms with Gasteiger partial charge >= 0.3 is 11.0 Å². The smallest absolute Gasteiger partial charge is 0.421 e. The standard InChI is InChI=1S/C15H34O2P.C2F6NO4S2/c1-4-7-10-18(11-8-5-2,12-9-6-3)14-15(17)13-16;3-1(4,5)14(10,11)9-15(12,13)2(6,7)8/h15-17H,4-14H2,1-3H3;/q+1;-1. The molecule has 0 spiro atoms. The van der Waals surface area contributed by atoms with Crippen LogP contribution in [0.3, 0.4) is 0 Å². The topological polar surface area (TPSA) is 123 Å². The van der Waals surface area contributed by atoms with Crippen LogP contribution in [-0.4, -0.2) is 75.4 Å². The van der Waals surface area contributed by atoms with E-state index in [1.54, 1.807) is 0 Å². The molecule has 0 heterocycles. The second-order valence-electron chi connectivity index (χ2n) is 7.51. The summed E-state index contributed by atoms with van der Waals surface area (Å²) in [4.78, 5) is 0. The van der Waals surface area contributed by atoms with Crippen molar-refractivity contribution < 1.29 is 53.4 Å². The fraction of sp³-hybridized carbons (Fsp3) is 1.00. The van der Waals surface area contributed by atoms with Crippen molar-refractivity contribution in [1.29, 1.82) is 0 Å². The van der Waals surface area contributed by atoms with Crippen LogP contribution in [0.5, 0.6) is 0 Å². The molecule has 0 aliphatic heterocycles. The van der Waals surface area contributed by atoms with Crippen molar-refractivity contribution in [2.45, 2.75) is 76.4 Å². The van der Waals surface area contributed by atoms with Crippen molar-refractivity contribution in [2.24, 2.45) is 0 Å². The SMILES string of the molecule is CCCC[P+](CCCC)(CCCC)CC(O)CO.O=S(=O)([N-]S(=O)(=O)C(F)(F)F)C(F)(F)F. The molecule has 33 heavy (non-hydrogen) atoms. The Labute approximate surface area is 192 Å². The van der Waals surface area contributed by atoms with Gasteiger partial charge in [-0.25, -0.2) is 16.8 Å². The molecule has 7 nitrogen and oxygen atoms in total. The van der Waals surface area contributed by atoms with E-state index in [0.717, 1.165) is 10.3 Å². The summed E-state index contributed by atoms with van der Waals surface area (Å²) >= 11 is 0. The highest BCUT2D eigenvalue weighted by Gasteiger charge is 2.47. The first kappa shape index (κ1) is 35.0. The number of aliphatic hydroxyl groups excluding tert-OH is 2. The molecule has 0 aromatic heterocycles. The third kappa shape index (κ3) is 13.5. The average Bonchev–Trinajstić information content (AvgIpc) is 2.66. The predicted molar refractivity (Wildman–Crippen MR) is 118 cm³/mol. The van der Waals surface area contributed by atoms with Crippen LogP contribution in [0.1, 0.15) is 59.3 Å². The second kappa shape index (κ2) is 15.0. The van der Waals surface area contributed by atoms with Gasteiger partial charge < -0.3 is 14.3 Å². The number of hydrogen-bond donors (Lipinski definition) is 2. The summed E-state index contributed by atoms with van der Waals surface area (Å²) < 4.78 is 109. The molecule has 0 aromatic carbocycles. The van der Waals surface area contributed by atoms with Crippen LogP contribution in [0.25, 0.3) is 4.13 Å². The maximum Gasteiger partial charge on any atom is 0.480 e. The summed E-state index contributed by atoms with van der Waals surface area (Å²) in [6, 6.07) is 0. The molecule has 0 amide bonds. The molecule has 0 aliphatic carbocycles. The van der Waals surface area contributed by atoms with E-state index in [2.05, 4.69) is 20.8 Å². The minimum absolute atomic E-state index is 0.0634. The van der Waals surface area contributed by atoms with Gasteiger partial charge in [0.2, 0.25) is 0 Å². The second-order valence-corrected chi connectivity index (χ2v) is 15.3. The Bertz CT molecular complexity index is 680. The zero-order valence-electron chi connectivity index (χ0n) is 18.9. The molecule has 0 aliphatic rings. The quantitative estimate of drug-likeness (QED) is 0.233. The van der Waals surface area contributed by atoms with Crippen LogP contribution in [0, 0.1) is 0 Å². The fourth-order valence-corrected chi connectivity index (χ4v) is 9.71. The van der Waals surface area contributed by atoms with Gasteiger partial charge in [-0.05, 0) is 19.3 Å². The highest BCUT2D eigenvalue weighted by atomic mass is 32.3. The molecule has 0 rings (SSSR count). The molecule has 0 radical (unpaired) electrons. The predicted octanol–water partition coefficient (Wildman–Crippen LogP) is 4.82. The van der Waals surface area contributed by atoms with E-state index >= 15 is 0 Å². The molecule has 202 valence electrons. The van der Waals surface area contributed by atoms with Gasteiger partial charge in [-0.2, -0.15) is 26.3 Å².